The highest BCUT2D eigenvalue weighted by atomic mass is 127. The summed E-state index contributed by atoms with van der Waals surface area (Å²) in [4.78, 5) is 21.6. The topological polar surface area (TPSA) is 69.0 Å². The van der Waals surface area contributed by atoms with Crippen molar-refractivity contribution in [3.05, 3.63) is 83.4 Å². The third-order valence-corrected chi connectivity index (χ3v) is 8.21. The number of hydrogen-bond acceptors (Lipinski definition) is 6. The van der Waals surface area contributed by atoms with Crippen LogP contribution in [0.2, 0.25) is 0 Å². The second-order valence-corrected chi connectivity index (χ2v) is 11.0. The molecule has 8 nitrogen and oxygen atoms in total. The molecule has 0 radical (unpaired) electrons. The summed E-state index contributed by atoms with van der Waals surface area (Å²) in [7, 11) is 0. The third-order valence-electron chi connectivity index (χ3n) is 7.24. The van der Waals surface area contributed by atoms with Gasteiger partial charge in [0.1, 0.15) is 29.0 Å². The first kappa shape index (κ1) is 25.9. The number of nitrogens with zero attached hydrogens (tertiary/aromatic N) is 6. The van der Waals surface area contributed by atoms with E-state index in [2.05, 4.69) is 36.4 Å². The summed E-state index contributed by atoms with van der Waals surface area (Å²) in [6, 6.07) is 9.36. The average Bonchev–Trinajstić information content (AvgIpc) is 3.58. The Morgan fingerprint density at radius 2 is 1.79 bits per heavy atom. The summed E-state index contributed by atoms with van der Waals surface area (Å²) in [5.74, 6) is -1.33. The molecule has 12 heteroatoms. The Balaban J connectivity index is 1.23. The number of rotatable bonds is 5. The molecule has 1 N–H and O–H groups in total. The molecule has 2 aromatic carbocycles. The number of aromatic nitrogens is 3. The van der Waals surface area contributed by atoms with Gasteiger partial charge in [0.05, 0.1) is 17.9 Å². The molecular weight excluding hydrogens is 622 g/mol. The summed E-state index contributed by atoms with van der Waals surface area (Å²) in [6.45, 7) is 3.72. The van der Waals surface area contributed by atoms with Crippen LogP contribution in [0.1, 0.15) is 34.8 Å². The van der Waals surface area contributed by atoms with Gasteiger partial charge < -0.3 is 15.1 Å². The molecule has 0 bridgehead atoms. The molecule has 2 aliphatic heterocycles. The van der Waals surface area contributed by atoms with Gasteiger partial charge in [0.2, 0.25) is 0 Å². The Kier molecular flexibility index (Phi) is 7.06. The maximum atomic E-state index is 15.0. The molecule has 0 aliphatic carbocycles. The van der Waals surface area contributed by atoms with Crippen molar-refractivity contribution in [3.8, 4) is 0 Å². The van der Waals surface area contributed by atoms with Crippen molar-refractivity contribution >= 4 is 51.6 Å². The molecule has 2 aliphatic rings. The smallest absolute Gasteiger partial charge is 0.255 e. The van der Waals surface area contributed by atoms with Crippen molar-refractivity contribution in [3.63, 3.8) is 0 Å². The summed E-state index contributed by atoms with van der Waals surface area (Å²) in [5.41, 5.74) is 1.70. The number of piperazine rings is 1. The zero-order valence-electron chi connectivity index (χ0n) is 20.8. The zero-order chi connectivity index (χ0) is 27.1. The van der Waals surface area contributed by atoms with Crippen LogP contribution in [0.25, 0.3) is 5.65 Å². The van der Waals surface area contributed by atoms with Crippen LogP contribution >= 0.6 is 22.9 Å². The predicted octanol–water partition coefficient (Wildman–Crippen LogP) is 5.21. The Labute approximate surface area is 236 Å². The van der Waals surface area contributed by atoms with E-state index < -0.39 is 23.4 Å². The van der Waals surface area contributed by atoms with E-state index in [9.17, 15) is 18.0 Å². The van der Waals surface area contributed by atoms with E-state index >= 15 is 0 Å². The summed E-state index contributed by atoms with van der Waals surface area (Å²) >= 11 is 2.26. The van der Waals surface area contributed by atoms with Crippen molar-refractivity contribution in [2.24, 2.45) is 0 Å². The quantitative estimate of drug-likeness (QED) is 0.237. The number of benzene rings is 2. The van der Waals surface area contributed by atoms with Gasteiger partial charge in [-0.3, -0.25) is 4.79 Å². The number of nitrogens with one attached hydrogen (secondary N) is 1. The fraction of sp³-hybridized carbons (Fsp3) is 0.296. The maximum absolute atomic E-state index is 15.0. The van der Waals surface area contributed by atoms with E-state index in [0.717, 1.165) is 31.6 Å². The molecule has 4 aromatic rings. The van der Waals surface area contributed by atoms with Crippen LogP contribution in [0.15, 0.2) is 54.9 Å². The molecule has 2 saturated heterocycles. The van der Waals surface area contributed by atoms with E-state index in [1.807, 2.05) is 9.80 Å². The zero-order valence-corrected chi connectivity index (χ0v) is 23.0. The number of carbonyl (C=O) groups is 1. The molecule has 1 unspecified atom stereocenters. The van der Waals surface area contributed by atoms with Crippen molar-refractivity contribution in [1.29, 1.82) is 0 Å². The first-order valence-corrected chi connectivity index (χ1v) is 13.7. The summed E-state index contributed by atoms with van der Waals surface area (Å²) in [6.07, 6.45) is 4.64. The number of carbonyl (C=O) groups excluding carboxylic acids is 1. The van der Waals surface area contributed by atoms with E-state index in [0.29, 0.717) is 48.9 Å². The lowest BCUT2D eigenvalue weighted by Gasteiger charge is -2.33. The van der Waals surface area contributed by atoms with Gasteiger partial charge in [-0.05, 0) is 55.3 Å². The Morgan fingerprint density at radius 1 is 0.974 bits per heavy atom. The number of anilines is 3. The fourth-order valence-electron chi connectivity index (χ4n) is 5.26. The predicted molar refractivity (Wildman–Crippen MR) is 151 cm³/mol. The lowest BCUT2D eigenvalue weighted by molar-refractivity contribution is 0.102. The number of hydrogen-bond donors (Lipinski definition) is 1. The molecule has 202 valence electrons. The van der Waals surface area contributed by atoms with Crippen LogP contribution in [0.5, 0.6) is 0 Å². The number of amides is 1. The molecule has 6 rings (SSSR count). The van der Waals surface area contributed by atoms with Gasteiger partial charge in [0.15, 0.2) is 5.65 Å². The van der Waals surface area contributed by atoms with Crippen LogP contribution in [-0.2, 0) is 0 Å². The maximum Gasteiger partial charge on any atom is 0.255 e. The molecular formula is C27H25F3IN7O. The van der Waals surface area contributed by atoms with E-state index in [1.165, 1.54) is 22.8 Å². The van der Waals surface area contributed by atoms with Crippen LogP contribution in [0.3, 0.4) is 0 Å². The highest BCUT2D eigenvalue weighted by Gasteiger charge is 2.30. The average molecular weight is 647 g/mol. The van der Waals surface area contributed by atoms with Gasteiger partial charge in [-0.2, -0.15) is 5.10 Å². The Morgan fingerprint density at radius 3 is 2.59 bits per heavy atom. The SMILES string of the molecule is O=C(Nc1cnn2ccc(N3CCCC3c3cc(F)ccc3F)nc12)c1ccc(N2CCN(I)CC2)c(F)c1. The summed E-state index contributed by atoms with van der Waals surface area (Å²) in [5, 5.41) is 7.05. The van der Waals surface area contributed by atoms with E-state index in [4.69, 9.17) is 4.98 Å². The fourth-order valence-corrected chi connectivity index (χ4v) is 5.70. The Bertz CT molecular complexity index is 1540. The van der Waals surface area contributed by atoms with Gasteiger partial charge in [-0.1, -0.05) is 0 Å². The van der Waals surface area contributed by atoms with Crippen molar-refractivity contribution in [2.45, 2.75) is 18.9 Å². The second-order valence-electron chi connectivity index (χ2n) is 9.65. The minimum atomic E-state index is -0.491. The third kappa shape index (κ3) is 5.14. The molecule has 2 aromatic heterocycles. The number of halogens is 4. The Hall–Kier alpha value is -3.39. The van der Waals surface area contributed by atoms with Gasteiger partial charge in [0.25, 0.3) is 5.91 Å². The minimum absolute atomic E-state index is 0.181. The minimum Gasteiger partial charge on any atom is -0.367 e. The van der Waals surface area contributed by atoms with Crippen LogP contribution in [0, 0.1) is 17.5 Å². The van der Waals surface area contributed by atoms with Crippen molar-refractivity contribution < 1.29 is 18.0 Å². The van der Waals surface area contributed by atoms with Crippen molar-refractivity contribution in [2.75, 3.05) is 47.8 Å². The number of fused-ring (bicyclic) bond motifs is 1. The highest BCUT2D eigenvalue weighted by Crippen LogP contribution is 2.37. The van der Waals surface area contributed by atoms with Gasteiger partial charge in [-0.15, -0.1) is 0 Å². The highest BCUT2D eigenvalue weighted by molar-refractivity contribution is 14.1. The van der Waals surface area contributed by atoms with Crippen LogP contribution in [0.4, 0.5) is 30.4 Å². The molecule has 1 amide bonds. The second kappa shape index (κ2) is 10.6. The molecule has 0 spiro atoms. The van der Waals surface area contributed by atoms with Gasteiger partial charge >= 0.3 is 0 Å². The van der Waals surface area contributed by atoms with E-state index in [1.54, 1.807) is 24.4 Å². The monoisotopic (exact) mass is 647 g/mol. The van der Waals surface area contributed by atoms with Crippen LogP contribution in [-0.4, -0.2) is 56.3 Å². The summed E-state index contributed by atoms with van der Waals surface area (Å²) < 4.78 is 47.1. The molecule has 2 fully saturated rings. The van der Waals surface area contributed by atoms with Crippen molar-refractivity contribution in [1.82, 2.24) is 17.7 Å². The molecule has 0 saturated carbocycles. The normalized spacial score (nSPS) is 18.2. The first-order chi connectivity index (χ1) is 18.9. The lowest BCUT2D eigenvalue weighted by atomic mass is 10.0. The van der Waals surface area contributed by atoms with E-state index in [-0.39, 0.29) is 17.2 Å². The van der Waals surface area contributed by atoms with Crippen LogP contribution < -0.4 is 15.1 Å². The molecule has 4 heterocycles. The largest absolute Gasteiger partial charge is 0.367 e. The molecule has 39 heavy (non-hydrogen) atoms. The molecule has 1 atom stereocenters. The first-order valence-electron chi connectivity index (χ1n) is 12.7. The standard InChI is InChI=1S/C27H25F3IN7O/c28-18-4-5-20(29)19(15-18)23-2-1-8-37(23)25-7-9-38-26(34-25)22(16-32-38)33-27(39)17-3-6-24(21(30)14-17)35-10-12-36(31)13-11-35/h3-7,9,14-16,23H,1-2,8,10-13H2,(H,33,39). The van der Waals surface area contributed by atoms with Gasteiger partial charge in [-0.25, -0.2) is 25.8 Å². The van der Waals surface area contributed by atoms with Gasteiger partial charge in [0, 0.05) is 72.9 Å². The lowest BCUT2D eigenvalue weighted by Crippen LogP contribution is -2.42.